The molecular formula is C9H13NO4. The molecule has 0 aromatic carbocycles. The summed E-state index contributed by atoms with van der Waals surface area (Å²) in [6, 6.07) is 0. The topological polar surface area (TPSA) is 74.7 Å². The van der Waals surface area contributed by atoms with Gasteiger partial charge in [-0.05, 0) is 0 Å². The van der Waals surface area contributed by atoms with Gasteiger partial charge in [0.25, 0.3) is 0 Å². The lowest BCUT2D eigenvalue weighted by atomic mass is 10.1. The summed E-state index contributed by atoms with van der Waals surface area (Å²) in [6.45, 7) is 3.13. The van der Waals surface area contributed by atoms with Crippen LogP contribution < -0.4 is 0 Å². The van der Waals surface area contributed by atoms with E-state index in [2.05, 4.69) is 0 Å². The third-order valence-electron chi connectivity index (χ3n) is 2.35. The van der Waals surface area contributed by atoms with Crippen molar-refractivity contribution in [2.45, 2.75) is 20.3 Å². The number of rotatable bonds is 3. The van der Waals surface area contributed by atoms with Crippen molar-refractivity contribution in [3.63, 3.8) is 0 Å². The molecule has 1 fully saturated rings. The summed E-state index contributed by atoms with van der Waals surface area (Å²) in [5, 5.41) is 8.63. The van der Waals surface area contributed by atoms with E-state index < -0.39 is 11.9 Å². The third kappa shape index (κ3) is 1.92. The highest BCUT2D eigenvalue weighted by molar-refractivity contribution is 6.03. The molecular weight excluding hydrogens is 186 g/mol. The van der Waals surface area contributed by atoms with Gasteiger partial charge in [0.05, 0.1) is 5.92 Å². The second kappa shape index (κ2) is 3.77. The molecule has 14 heavy (non-hydrogen) atoms. The van der Waals surface area contributed by atoms with Crippen LogP contribution in [0.1, 0.15) is 20.3 Å². The Morgan fingerprint density at radius 1 is 1.64 bits per heavy atom. The van der Waals surface area contributed by atoms with Gasteiger partial charge in [0.2, 0.25) is 11.8 Å². The molecule has 1 rings (SSSR count). The number of carbonyl (C=O) groups is 3. The van der Waals surface area contributed by atoms with Gasteiger partial charge < -0.3 is 5.11 Å². The molecule has 0 aromatic heterocycles. The highest BCUT2D eigenvalue weighted by Crippen LogP contribution is 2.19. The first-order chi connectivity index (χ1) is 6.43. The molecule has 1 N–H and O–H groups in total. The van der Waals surface area contributed by atoms with Crippen molar-refractivity contribution >= 4 is 17.8 Å². The number of carbonyl (C=O) groups excluding carboxylic acids is 2. The van der Waals surface area contributed by atoms with Gasteiger partial charge in [-0.15, -0.1) is 0 Å². The zero-order chi connectivity index (χ0) is 10.9. The number of carboxylic acid groups (broad SMARTS) is 1. The Kier molecular flexibility index (Phi) is 2.88. The van der Waals surface area contributed by atoms with Gasteiger partial charge in [0, 0.05) is 18.9 Å². The van der Waals surface area contributed by atoms with Crippen LogP contribution in [0.2, 0.25) is 0 Å². The number of carboxylic acids is 1. The molecule has 0 aromatic rings. The van der Waals surface area contributed by atoms with Crippen LogP contribution in [0.5, 0.6) is 0 Å². The molecule has 78 valence electrons. The molecule has 2 unspecified atom stereocenters. The van der Waals surface area contributed by atoms with Crippen LogP contribution in [0.4, 0.5) is 0 Å². The SMILES string of the molecule is CC(CN1C(=O)CC(C)C1=O)C(=O)O. The number of aliphatic carboxylic acids is 1. The van der Waals surface area contributed by atoms with E-state index in [1.807, 2.05) is 0 Å². The smallest absolute Gasteiger partial charge is 0.308 e. The van der Waals surface area contributed by atoms with E-state index in [0.717, 1.165) is 4.90 Å². The number of amides is 2. The minimum atomic E-state index is -0.995. The Bertz CT molecular complexity index is 287. The van der Waals surface area contributed by atoms with Crippen LogP contribution >= 0.6 is 0 Å². The summed E-state index contributed by atoms with van der Waals surface area (Å²) >= 11 is 0. The van der Waals surface area contributed by atoms with Crippen LogP contribution in [0.25, 0.3) is 0 Å². The van der Waals surface area contributed by atoms with E-state index in [9.17, 15) is 14.4 Å². The Hall–Kier alpha value is -1.39. The fourth-order valence-corrected chi connectivity index (χ4v) is 1.39. The lowest BCUT2D eigenvalue weighted by Crippen LogP contribution is -2.36. The lowest BCUT2D eigenvalue weighted by Gasteiger charge is -2.16. The van der Waals surface area contributed by atoms with Crippen LogP contribution in [0.15, 0.2) is 0 Å². The fraction of sp³-hybridized carbons (Fsp3) is 0.667. The molecule has 1 aliphatic heterocycles. The number of nitrogens with zero attached hydrogens (tertiary/aromatic N) is 1. The number of imide groups is 1. The number of hydrogen-bond acceptors (Lipinski definition) is 3. The summed E-state index contributed by atoms with van der Waals surface area (Å²) in [5.41, 5.74) is 0. The summed E-state index contributed by atoms with van der Waals surface area (Å²) in [5.74, 6) is -2.53. The van der Waals surface area contributed by atoms with Crippen molar-refractivity contribution in [1.29, 1.82) is 0 Å². The molecule has 2 atom stereocenters. The summed E-state index contributed by atoms with van der Waals surface area (Å²) in [7, 11) is 0. The molecule has 0 radical (unpaired) electrons. The highest BCUT2D eigenvalue weighted by Gasteiger charge is 2.36. The molecule has 0 spiro atoms. The predicted molar refractivity (Wildman–Crippen MR) is 47.3 cm³/mol. The first-order valence-electron chi connectivity index (χ1n) is 4.50. The van der Waals surface area contributed by atoms with Crippen LogP contribution in [0, 0.1) is 11.8 Å². The lowest BCUT2D eigenvalue weighted by molar-refractivity contribution is -0.145. The van der Waals surface area contributed by atoms with Crippen LogP contribution in [-0.4, -0.2) is 34.3 Å². The molecule has 1 saturated heterocycles. The first-order valence-corrected chi connectivity index (χ1v) is 4.50. The maximum Gasteiger partial charge on any atom is 0.308 e. The molecule has 0 saturated carbocycles. The monoisotopic (exact) mass is 199 g/mol. The summed E-state index contributed by atoms with van der Waals surface area (Å²) in [4.78, 5) is 34.2. The Morgan fingerprint density at radius 2 is 2.21 bits per heavy atom. The van der Waals surface area contributed by atoms with Gasteiger partial charge in [-0.1, -0.05) is 13.8 Å². The molecule has 5 nitrogen and oxygen atoms in total. The Balaban J connectivity index is 2.65. The van der Waals surface area contributed by atoms with Gasteiger partial charge in [0.1, 0.15) is 0 Å². The quantitative estimate of drug-likeness (QED) is 0.654. The van der Waals surface area contributed by atoms with Crippen molar-refractivity contribution in [1.82, 2.24) is 4.90 Å². The number of hydrogen-bond donors (Lipinski definition) is 1. The average molecular weight is 199 g/mol. The molecule has 1 heterocycles. The van der Waals surface area contributed by atoms with E-state index in [4.69, 9.17) is 5.11 Å². The molecule has 5 heteroatoms. The fourth-order valence-electron chi connectivity index (χ4n) is 1.39. The second-order valence-corrected chi connectivity index (χ2v) is 3.69. The van der Waals surface area contributed by atoms with Crippen molar-refractivity contribution in [3.8, 4) is 0 Å². The standard InChI is InChI=1S/C9H13NO4/c1-5-3-7(11)10(8(5)12)4-6(2)9(13)14/h5-6H,3-4H2,1-2H3,(H,13,14). The van der Waals surface area contributed by atoms with Crippen molar-refractivity contribution in [2.24, 2.45) is 11.8 Å². The largest absolute Gasteiger partial charge is 0.481 e. The van der Waals surface area contributed by atoms with Crippen molar-refractivity contribution < 1.29 is 19.5 Å². The van der Waals surface area contributed by atoms with Gasteiger partial charge in [0.15, 0.2) is 0 Å². The summed E-state index contributed by atoms with van der Waals surface area (Å²) in [6.07, 6.45) is 0.200. The highest BCUT2D eigenvalue weighted by atomic mass is 16.4. The van der Waals surface area contributed by atoms with Crippen LogP contribution in [0.3, 0.4) is 0 Å². The van der Waals surface area contributed by atoms with Crippen LogP contribution in [-0.2, 0) is 14.4 Å². The van der Waals surface area contributed by atoms with Crippen molar-refractivity contribution in [2.75, 3.05) is 6.54 Å². The number of likely N-dealkylation sites (tertiary alicyclic amines) is 1. The molecule has 0 aliphatic carbocycles. The predicted octanol–water partition coefficient (Wildman–Crippen LogP) is 0.102. The van der Waals surface area contributed by atoms with Gasteiger partial charge in [-0.3, -0.25) is 19.3 Å². The molecule has 1 aliphatic rings. The second-order valence-electron chi connectivity index (χ2n) is 3.69. The summed E-state index contributed by atoms with van der Waals surface area (Å²) < 4.78 is 0. The van der Waals surface area contributed by atoms with Gasteiger partial charge >= 0.3 is 5.97 Å². The van der Waals surface area contributed by atoms with Gasteiger partial charge in [-0.2, -0.15) is 0 Å². The normalized spacial score (nSPS) is 24.1. The zero-order valence-electron chi connectivity index (χ0n) is 8.19. The molecule has 0 bridgehead atoms. The maximum atomic E-state index is 11.4. The van der Waals surface area contributed by atoms with E-state index in [1.165, 1.54) is 6.92 Å². The maximum absolute atomic E-state index is 11.4. The van der Waals surface area contributed by atoms with E-state index in [0.29, 0.717) is 0 Å². The minimum Gasteiger partial charge on any atom is -0.481 e. The Morgan fingerprint density at radius 3 is 2.57 bits per heavy atom. The van der Waals surface area contributed by atoms with Gasteiger partial charge in [-0.25, -0.2) is 0 Å². The average Bonchev–Trinajstić information content (AvgIpc) is 2.32. The van der Waals surface area contributed by atoms with E-state index in [1.54, 1.807) is 6.92 Å². The van der Waals surface area contributed by atoms with Crippen molar-refractivity contribution in [3.05, 3.63) is 0 Å². The minimum absolute atomic E-state index is 0.0165. The van der Waals surface area contributed by atoms with E-state index in [-0.39, 0.29) is 30.7 Å². The Labute approximate surface area is 81.7 Å². The first kappa shape index (κ1) is 10.7. The third-order valence-corrected chi connectivity index (χ3v) is 2.35. The zero-order valence-corrected chi connectivity index (χ0v) is 8.19. The molecule has 2 amide bonds. The van der Waals surface area contributed by atoms with E-state index >= 15 is 0 Å².